The lowest BCUT2D eigenvalue weighted by Gasteiger charge is -2.31. The quantitative estimate of drug-likeness (QED) is 0.877. The fourth-order valence-corrected chi connectivity index (χ4v) is 2.78. The van der Waals surface area contributed by atoms with Gasteiger partial charge in [0, 0.05) is 28.9 Å². The molecule has 0 aliphatic heterocycles. The van der Waals surface area contributed by atoms with Crippen LogP contribution in [0.5, 0.6) is 0 Å². The SMILES string of the molecule is CC(C)(CN)NCC(C)(C)c1ccc(Br)s1. The average molecular weight is 305 g/mol. The predicted molar refractivity (Wildman–Crippen MR) is 76.2 cm³/mol. The van der Waals surface area contributed by atoms with Gasteiger partial charge >= 0.3 is 0 Å². The van der Waals surface area contributed by atoms with Crippen molar-refractivity contribution in [2.75, 3.05) is 13.1 Å². The first-order valence-electron chi connectivity index (χ1n) is 5.48. The fourth-order valence-electron chi connectivity index (χ4n) is 1.30. The average Bonchev–Trinajstić information content (AvgIpc) is 2.63. The van der Waals surface area contributed by atoms with E-state index in [-0.39, 0.29) is 11.0 Å². The Hall–Kier alpha value is 0.1000. The predicted octanol–water partition coefficient (Wildman–Crippen LogP) is 3.12. The summed E-state index contributed by atoms with van der Waals surface area (Å²) >= 11 is 5.31. The first-order chi connectivity index (χ1) is 7.27. The molecule has 4 heteroatoms. The highest BCUT2D eigenvalue weighted by atomic mass is 79.9. The summed E-state index contributed by atoms with van der Waals surface area (Å²) in [5.41, 5.74) is 5.86. The monoisotopic (exact) mass is 304 g/mol. The second-order valence-electron chi connectivity index (χ2n) is 5.43. The van der Waals surface area contributed by atoms with E-state index in [1.807, 2.05) is 0 Å². The molecule has 0 saturated carbocycles. The highest BCUT2D eigenvalue weighted by molar-refractivity contribution is 9.11. The maximum atomic E-state index is 5.71. The number of hydrogen-bond donors (Lipinski definition) is 2. The first-order valence-corrected chi connectivity index (χ1v) is 7.09. The maximum absolute atomic E-state index is 5.71. The third kappa shape index (κ3) is 3.84. The van der Waals surface area contributed by atoms with Crippen molar-refractivity contribution in [3.63, 3.8) is 0 Å². The molecule has 0 saturated heterocycles. The largest absolute Gasteiger partial charge is 0.329 e. The van der Waals surface area contributed by atoms with Crippen LogP contribution < -0.4 is 11.1 Å². The van der Waals surface area contributed by atoms with Gasteiger partial charge in [-0.1, -0.05) is 13.8 Å². The molecule has 0 aromatic carbocycles. The Kier molecular flexibility index (Phi) is 4.57. The zero-order valence-corrected chi connectivity index (χ0v) is 12.8. The van der Waals surface area contributed by atoms with Gasteiger partial charge in [0.1, 0.15) is 0 Å². The van der Waals surface area contributed by atoms with Crippen LogP contribution in [0.15, 0.2) is 15.9 Å². The van der Waals surface area contributed by atoms with Gasteiger partial charge in [-0.2, -0.15) is 0 Å². The van der Waals surface area contributed by atoms with Gasteiger partial charge in [-0.15, -0.1) is 11.3 Å². The van der Waals surface area contributed by atoms with Crippen LogP contribution in [0.1, 0.15) is 32.6 Å². The molecular weight excluding hydrogens is 284 g/mol. The molecule has 0 aliphatic rings. The summed E-state index contributed by atoms with van der Waals surface area (Å²) < 4.78 is 1.19. The minimum absolute atomic E-state index is 0.00572. The number of nitrogens with one attached hydrogen (secondary N) is 1. The van der Waals surface area contributed by atoms with Crippen molar-refractivity contribution < 1.29 is 0 Å². The van der Waals surface area contributed by atoms with Crippen molar-refractivity contribution in [2.45, 2.75) is 38.6 Å². The van der Waals surface area contributed by atoms with Crippen LogP contribution in [-0.4, -0.2) is 18.6 Å². The lowest BCUT2D eigenvalue weighted by Crippen LogP contribution is -2.50. The Morgan fingerprint density at radius 3 is 2.38 bits per heavy atom. The van der Waals surface area contributed by atoms with Gasteiger partial charge in [-0.25, -0.2) is 0 Å². The van der Waals surface area contributed by atoms with Gasteiger partial charge in [-0.3, -0.25) is 0 Å². The lowest BCUT2D eigenvalue weighted by atomic mass is 9.90. The van der Waals surface area contributed by atoms with Crippen LogP contribution in [0.2, 0.25) is 0 Å². The molecule has 2 nitrogen and oxygen atoms in total. The number of thiophene rings is 1. The Bertz CT molecular complexity index is 345. The molecule has 0 bridgehead atoms. The number of hydrogen-bond acceptors (Lipinski definition) is 3. The minimum atomic E-state index is 0.00572. The van der Waals surface area contributed by atoms with Crippen molar-refractivity contribution >= 4 is 27.3 Å². The van der Waals surface area contributed by atoms with E-state index in [2.05, 4.69) is 61.1 Å². The van der Waals surface area contributed by atoms with Gasteiger partial charge in [0.25, 0.3) is 0 Å². The van der Waals surface area contributed by atoms with Crippen LogP contribution in [-0.2, 0) is 5.41 Å². The Morgan fingerprint density at radius 2 is 1.94 bits per heavy atom. The standard InChI is InChI=1S/C12H21BrN2S/c1-11(2,8-15-12(3,4)7-14)9-5-6-10(13)16-9/h5-6,15H,7-8,14H2,1-4H3. The molecule has 1 heterocycles. The van der Waals surface area contributed by atoms with Gasteiger partial charge < -0.3 is 11.1 Å². The Balaban J connectivity index is 2.65. The molecule has 0 fully saturated rings. The van der Waals surface area contributed by atoms with Crippen molar-refractivity contribution in [1.29, 1.82) is 0 Å². The summed E-state index contributed by atoms with van der Waals surface area (Å²) in [5, 5.41) is 3.52. The summed E-state index contributed by atoms with van der Waals surface area (Å²) in [7, 11) is 0. The smallest absolute Gasteiger partial charge is 0.0701 e. The lowest BCUT2D eigenvalue weighted by molar-refractivity contribution is 0.349. The van der Waals surface area contributed by atoms with Crippen molar-refractivity contribution in [2.24, 2.45) is 5.73 Å². The van der Waals surface area contributed by atoms with E-state index < -0.39 is 0 Å². The molecule has 0 aliphatic carbocycles. The van der Waals surface area contributed by atoms with Gasteiger partial charge in [0.05, 0.1) is 3.79 Å². The van der Waals surface area contributed by atoms with E-state index in [0.717, 1.165) is 6.54 Å². The van der Waals surface area contributed by atoms with Gasteiger partial charge in [-0.05, 0) is 41.9 Å². The number of rotatable bonds is 5. The highest BCUT2D eigenvalue weighted by Gasteiger charge is 2.25. The van der Waals surface area contributed by atoms with Crippen molar-refractivity contribution in [3.8, 4) is 0 Å². The number of nitrogens with two attached hydrogens (primary N) is 1. The molecule has 1 rings (SSSR count). The third-order valence-electron chi connectivity index (χ3n) is 2.76. The summed E-state index contributed by atoms with van der Waals surface area (Å²) in [6, 6.07) is 4.29. The van der Waals surface area contributed by atoms with E-state index in [4.69, 9.17) is 5.73 Å². The normalized spacial score (nSPS) is 13.1. The summed E-state index contributed by atoms with van der Waals surface area (Å²) in [5.74, 6) is 0. The van der Waals surface area contributed by atoms with Gasteiger partial charge in [0.2, 0.25) is 0 Å². The molecule has 0 spiro atoms. The van der Waals surface area contributed by atoms with Crippen LogP contribution in [0.25, 0.3) is 0 Å². The van der Waals surface area contributed by atoms with Crippen molar-refractivity contribution in [3.05, 3.63) is 20.8 Å². The van der Waals surface area contributed by atoms with E-state index in [9.17, 15) is 0 Å². The van der Waals surface area contributed by atoms with Crippen molar-refractivity contribution in [1.82, 2.24) is 5.32 Å². The molecule has 1 aromatic heterocycles. The Morgan fingerprint density at radius 1 is 1.31 bits per heavy atom. The van der Waals surface area contributed by atoms with Crippen LogP contribution in [0, 0.1) is 0 Å². The van der Waals surface area contributed by atoms with Gasteiger partial charge in [0.15, 0.2) is 0 Å². The first kappa shape index (κ1) is 14.2. The fraction of sp³-hybridized carbons (Fsp3) is 0.667. The molecule has 0 unspecified atom stereocenters. The number of halogens is 1. The molecule has 0 atom stereocenters. The zero-order valence-electron chi connectivity index (χ0n) is 10.4. The molecule has 1 aromatic rings. The van der Waals surface area contributed by atoms with E-state index in [0.29, 0.717) is 6.54 Å². The highest BCUT2D eigenvalue weighted by Crippen LogP contribution is 2.32. The van der Waals surface area contributed by atoms with E-state index >= 15 is 0 Å². The van der Waals surface area contributed by atoms with E-state index in [1.54, 1.807) is 11.3 Å². The molecular formula is C12H21BrN2S. The van der Waals surface area contributed by atoms with Crippen LogP contribution in [0.4, 0.5) is 0 Å². The summed E-state index contributed by atoms with van der Waals surface area (Å²) in [4.78, 5) is 1.39. The van der Waals surface area contributed by atoms with E-state index in [1.165, 1.54) is 8.66 Å². The summed E-state index contributed by atoms with van der Waals surface area (Å²) in [6.45, 7) is 10.4. The molecule has 0 amide bonds. The second kappa shape index (κ2) is 5.17. The molecule has 3 N–H and O–H groups in total. The molecule has 0 radical (unpaired) electrons. The maximum Gasteiger partial charge on any atom is 0.0701 e. The topological polar surface area (TPSA) is 38.0 Å². The van der Waals surface area contributed by atoms with Crippen LogP contribution in [0.3, 0.4) is 0 Å². The second-order valence-corrected chi connectivity index (χ2v) is 7.89. The Labute approximate surface area is 111 Å². The zero-order chi connectivity index (χ0) is 12.4. The molecule has 92 valence electrons. The molecule has 16 heavy (non-hydrogen) atoms. The third-order valence-corrected chi connectivity index (χ3v) is 4.75. The minimum Gasteiger partial charge on any atom is -0.329 e. The summed E-state index contributed by atoms with van der Waals surface area (Å²) in [6.07, 6.45) is 0. The van der Waals surface area contributed by atoms with Crippen LogP contribution >= 0.6 is 27.3 Å².